The van der Waals surface area contributed by atoms with E-state index in [2.05, 4.69) is 0 Å². The molecular formula is C22H22Cl2N2O4. The van der Waals surface area contributed by atoms with Crippen molar-refractivity contribution in [2.45, 2.75) is 12.8 Å². The molecule has 2 heterocycles. The summed E-state index contributed by atoms with van der Waals surface area (Å²) in [6.07, 6.45) is 0. The molecule has 2 amide bonds. The molecule has 0 radical (unpaired) electrons. The molecule has 2 aromatic rings. The Kier molecular flexibility index (Phi) is 6.06. The van der Waals surface area contributed by atoms with Crippen molar-refractivity contribution in [2.24, 2.45) is 0 Å². The van der Waals surface area contributed by atoms with Gasteiger partial charge >= 0.3 is 0 Å². The van der Waals surface area contributed by atoms with Crippen LogP contribution in [0.15, 0.2) is 36.4 Å². The Morgan fingerprint density at radius 3 is 2.27 bits per heavy atom. The molecule has 1 unspecified atom stereocenters. The van der Waals surface area contributed by atoms with E-state index in [0.29, 0.717) is 66.5 Å². The van der Waals surface area contributed by atoms with Gasteiger partial charge in [-0.2, -0.15) is 0 Å². The molecule has 6 nitrogen and oxygen atoms in total. The van der Waals surface area contributed by atoms with Crippen LogP contribution in [-0.2, 0) is 4.79 Å². The van der Waals surface area contributed by atoms with Crippen LogP contribution in [0.2, 0.25) is 10.0 Å². The average Bonchev–Trinajstić information content (AvgIpc) is 2.77. The Bertz CT molecular complexity index is 974. The fourth-order valence-electron chi connectivity index (χ4n) is 3.71. The van der Waals surface area contributed by atoms with Crippen LogP contribution in [0.3, 0.4) is 0 Å². The Balaban J connectivity index is 1.38. The van der Waals surface area contributed by atoms with Gasteiger partial charge < -0.3 is 19.3 Å². The van der Waals surface area contributed by atoms with Crippen LogP contribution in [0, 0.1) is 0 Å². The SMILES string of the molecule is CC(C(=O)N1CCN(C(=O)c2ccc(Cl)cc2Cl)CC1)c1ccc2c(c1)OCCO2. The topological polar surface area (TPSA) is 59.1 Å². The number of hydrogen-bond acceptors (Lipinski definition) is 4. The number of nitrogens with zero attached hydrogens (tertiary/aromatic N) is 2. The van der Waals surface area contributed by atoms with Gasteiger partial charge in [0.15, 0.2) is 11.5 Å². The van der Waals surface area contributed by atoms with E-state index in [9.17, 15) is 9.59 Å². The van der Waals surface area contributed by atoms with Crippen LogP contribution < -0.4 is 9.47 Å². The third kappa shape index (κ3) is 4.20. The van der Waals surface area contributed by atoms with Crippen molar-refractivity contribution in [2.75, 3.05) is 39.4 Å². The van der Waals surface area contributed by atoms with E-state index < -0.39 is 0 Å². The van der Waals surface area contributed by atoms with Crippen molar-refractivity contribution in [1.29, 1.82) is 0 Å². The maximum Gasteiger partial charge on any atom is 0.255 e. The van der Waals surface area contributed by atoms with Gasteiger partial charge in [-0.15, -0.1) is 0 Å². The smallest absolute Gasteiger partial charge is 0.255 e. The fraction of sp³-hybridized carbons (Fsp3) is 0.364. The maximum atomic E-state index is 13.0. The summed E-state index contributed by atoms with van der Waals surface area (Å²) in [6.45, 7) is 4.79. The third-order valence-electron chi connectivity index (χ3n) is 5.48. The van der Waals surface area contributed by atoms with Crippen LogP contribution in [0.5, 0.6) is 11.5 Å². The lowest BCUT2D eigenvalue weighted by Gasteiger charge is -2.36. The number of carbonyl (C=O) groups is 2. The van der Waals surface area contributed by atoms with Gasteiger partial charge in [0, 0.05) is 31.2 Å². The number of halogens is 2. The first-order chi connectivity index (χ1) is 14.4. The first-order valence-electron chi connectivity index (χ1n) is 9.86. The Morgan fingerprint density at radius 2 is 1.57 bits per heavy atom. The lowest BCUT2D eigenvalue weighted by molar-refractivity contribution is -0.133. The highest BCUT2D eigenvalue weighted by Crippen LogP contribution is 2.33. The second kappa shape index (κ2) is 8.74. The van der Waals surface area contributed by atoms with Gasteiger partial charge in [0.25, 0.3) is 5.91 Å². The summed E-state index contributed by atoms with van der Waals surface area (Å²) >= 11 is 12.1. The third-order valence-corrected chi connectivity index (χ3v) is 6.02. The minimum absolute atomic E-state index is 0.0308. The molecule has 4 rings (SSSR count). The minimum atomic E-state index is -0.311. The predicted molar refractivity (Wildman–Crippen MR) is 115 cm³/mol. The summed E-state index contributed by atoms with van der Waals surface area (Å²) in [4.78, 5) is 29.3. The van der Waals surface area contributed by atoms with Crippen molar-refractivity contribution >= 4 is 35.0 Å². The maximum absolute atomic E-state index is 13.0. The van der Waals surface area contributed by atoms with Gasteiger partial charge in [0.05, 0.1) is 16.5 Å². The number of ether oxygens (including phenoxy) is 2. The summed E-state index contributed by atoms with van der Waals surface area (Å²) in [5, 5.41) is 0.818. The average molecular weight is 449 g/mol. The van der Waals surface area contributed by atoms with E-state index in [1.165, 1.54) is 0 Å². The van der Waals surface area contributed by atoms with Gasteiger partial charge in [-0.3, -0.25) is 9.59 Å². The number of amides is 2. The van der Waals surface area contributed by atoms with E-state index in [4.69, 9.17) is 32.7 Å². The van der Waals surface area contributed by atoms with Gasteiger partial charge in [-0.25, -0.2) is 0 Å². The van der Waals surface area contributed by atoms with Gasteiger partial charge in [-0.05, 0) is 42.8 Å². The number of piperazine rings is 1. The highest BCUT2D eigenvalue weighted by Gasteiger charge is 2.29. The van der Waals surface area contributed by atoms with Crippen LogP contribution in [0.25, 0.3) is 0 Å². The summed E-state index contributed by atoms with van der Waals surface area (Å²) in [7, 11) is 0. The molecule has 0 N–H and O–H groups in total. The molecule has 2 aliphatic heterocycles. The molecule has 8 heteroatoms. The first kappa shape index (κ1) is 20.8. The quantitative estimate of drug-likeness (QED) is 0.715. The molecule has 0 aliphatic carbocycles. The monoisotopic (exact) mass is 448 g/mol. The molecule has 1 saturated heterocycles. The van der Waals surface area contributed by atoms with Crippen LogP contribution >= 0.6 is 23.2 Å². The molecule has 0 bridgehead atoms. The summed E-state index contributed by atoms with van der Waals surface area (Å²) in [5.41, 5.74) is 1.31. The lowest BCUT2D eigenvalue weighted by atomic mass is 9.98. The molecular weight excluding hydrogens is 427 g/mol. The summed E-state index contributed by atoms with van der Waals surface area (Å²) in [6, 6.07) is 10.5. The summed E-state index contributed by atoms with van der Waals surface area (Å²) < 4.78 is 11.2. The van der Waals surface area contributed by atoms with Crippen LogP contribution in [0.1, 0.15) is 28.8 Å². The van der Waals surface area contributed by atoms with Crippen molar-refractivity contribution < 1.29 is 19.1 Å². The molecule has 2 aliphatic rings. The molecule has 0 aromatic heterocycles. The predicted octanol–water partition coefficient (Wildman–Crippen LogP) is 3.85. The van der Waals surface area contributed by atoms with Crippen molar-refractivity contribution in [3.05, 3.63) is 57.6 Å². The Morgan fingerprint density at radius 1 is 0.900 bits per heavy atom. The molecule has 30 heavy (non-hydrogen) atoms. The van der Waals surface area contributed by atoms with Gasteiger partial charge in [0.2, 0.25) is 5.91 Å². The highest BCUT2D eigenvalue weighted by molar-refractivity contribution is 6.36. The minimum Gasteiger partial charge on any atom is -0.486 e. The van der Waals surface area contributed by atoms with Crippen molar-refractivity contribution in [3.8, 4) is 11.5 Å². The second-order valence-electron chi connectivity index (χ2n) is 7.37. The van der Waals surface area contributed by atoms with Crippen molar-refractivity contribution in [3.63, 3.8) is 0 Å². The number of fused-ring (bicyclic) bond motifs is 1. The molecule has 0 spiro atoms. The highest BCUT2D eigenvalue weighted by atomic mass is 35.5. The molecule has 158 valence electrons. The summed E-state index contributed by atoms with van der Waals surface area (Å²) in [5.74, 6) is 0.951. The normalized spacial score (nSPS) is 16.9. The zero-order valence-electron chi connectivity index (χ0n) is 16.6. The fourth-order valence-corrected chi connectivity index (χ4v) is 4.20. The van der Waals surface area contributed by atoms with Crippen molar-refractivity contribution in [1.82, 2.24) is 9.80 Å². The van der Waals surface area contributed by atoms with E-state index in [1.807, 2.05) is 25.1 Å². The molecule has 1 atom stereocenters. The van der Waals surface area contributed by atoms with Gasteiger partial charge in [-0.1, -0.05) is 29.3 Å². The van der Waals surface area contributed by atoms with E-state index in [0.717, 1.165) is 5.56 Å². The standard InChI is InChI=1S/C22H22Cl2N2O4/c1-14(15-2-5-19-20(12-15)30-11-10-29-19)21(27)25-6-8-26(9-7-25)22(28)17-4-3-16(23)13-18(17)24/h2-5,12-14H,6-11H2,1H3. The van der Waals surface area contributed by atoms with E-state index in [-0.39, 0.29) is 17.7 Å². The second-order valence-corrected chi connectivity index (χ2v) is 8.21. The van der Waals surface area contributed by atoms with E-state index in [1.54, 1.807) is 28.0 Å². The van der Waals surface area contributed by atoms with Gasteiger partial charge in [0.1, 0.15) is 13.2 Å². The Labute approximate surface area is 185 Å². The van der Waals surface area contributed by atoms with E-state index >= 15 is 0 Å². The van der Waals surface area contributed by atoms with Crippen LogP contribution in [0.4, 0.5) is 0 Å². The van der Waals surface area contributed by atoms with Crippen LogP contribution in [-0.4, -0.2) is 61.0 Å². The zero-order chi connectivity index (χ0) is 21.3. The zero-order valence-corrected chi connectivity index (χ0v) is 18.1. The molecule has 1 fully saturated rings. The number of hydrogen-bond donors (Lipinski definition) is 0. The molecule has 0 saturated carbocycles. The number of rotatable bonds is 3. The number of carbonyl (C=O) groups excluding carboxylic acids is 2. The number of benzene rings is 2. The largest absolute Gasteiger partial charge is 0.486 e. The lowest BCUT2D eigenvalue weighted by Crippen LogP contribution is -2.51. The Hall–Kier alpha value is -2.44. The molecule has 2 aromatic carbocycles. The first-order valence-corrected chi connectivity index (χ1v) is 10.6.